The smallest absolute Gasteiger partial charge is 0.154 e. The van der Waals surface area contributed by atoms with E-state index in [-0.39, 0.29) is 22.6 Å². The Morgan fingerprint density at radius 3 is 2.38 bits per heavy atom. The van der Waals surface area contributed by atoms with E-state index in [1.54, 1.807) is 0 Å². The predicted molar refractivity (Wildman–Crippen MR) is 68.3 cm³/mol. The SMILES string of the molecule is CNC1C(S(=O)(=O)CC(C)C)CCC1(C)C. The summed E-state index contributed by atoms with van der Waals surface area (Å²) in [4.78, 5) is 0. The summed E-state index contributed by atoms with van der Waals surface area (Å²) < 4.78 is 24.5. The standard InChI is InChI=1S/C12H25NO2S/c1-9(2)8-16(14,15)10-6-7-12(3,4)11(10)13-5/h9-11,13H,6-8H2,1-5H3. The first-order valence-electron chi connectivity index (χ1n) is 6.09. The highest BCUT2D eigenvalue weighted by Gasteiger charge is 2.46. The van der Waals surface area contributed by atoms with Crippen molar-refractivity contribution < 1.29 is 8.42 Å². The molecule has 16 heavy (non-hydrogen) atoms. The van der Waals surface area contributed by atoms with Gasteiger partial charge >= 0.3 is 0 Å². The molecule has 1 saturated carbocycles. The maximum Gasteiger partial charge on any atom is 0.154 e. The van der Waals surface area contributed by atoms with Gasteiger partial charge in [-0.1, -0.05) is 27.7 Å². The summed E-state index contributed by atoms with van der Waals surface area (Å²) in [6.07, 6.45) is 1.79. The highest BCUT2D eigenvalue weighted by Crippen LogP contribution is 2.40. The normalized spacial score (nSPS) is 29.9. The molecule has 2 atom stereocenters. The minimum atomic E-state index is -2.95. The fourth-order valence-electron chi connectivity index (χ4n) is 2.89. The topological polar surface area (TPSA) is 46.2 Å². The lowest BCUT2D eigenvalue weighted by molar-refractivity contribution is 0.297. The van der Waals surface area contributed by atoms with Crippen molar-refractivity contribution in [1.29, 1.82) is 0 Å². The second kappa shape index (κ2) is 4.65. The van der Waals surface area contributed by atoms with Gasteiger partial charge in [-0.05, 0) is 31.2 Å². The molecule has 0 bridgehead atoms. The quantitative estimate of drug-likeness (QED) is 0.824. The molecule has 0 saturated heterocycles. The molecule has 0 heterocycles. The Morgan fingerprint density at radius 1 is 1.38 bits per heavy atom. The predicted octanol–water partition coefficient (Wildman–Crippen LogP) is 1.83. The third-order valence-corrected chi connectivity index (χ3v) is 6.19. The molecule has 2 unspecified atom stereocenters. The van der Waals surface area contributed by atoms with Gasteiger partial charge in [-0.2, -0.15) is 0 Å². The number of sulfone groups is 1. The van der Waals surface area contributed by atoms with Gasteiger partial charge in [0.1, 0.15) is 0 Å². The van der Waals surface area contributed by atoms with Crippen LogP contribution in [0, 0.1) is 11.3 Å². The van der Waals surface area contributed by atoms with Crippen LogP contribution in [0.2, 0.25) is 0 Å². The Hall–Kier alpha value is -0.0900. The van der Waals surface area contributed by atoms with Gasteiger partial charge in [-0.25, -0.2) is 8.42 Å². The molecule has 4 heteroatoms. The molecule has 96 valence electrons. The number of nitrogens with one attached hydrogen (secondary N) is 1. The highest BCUT2D eigenvalue weighted by atomic mass is 32.2. The highest BCUT2D eigenvalue weighted by molar-refractivity contribution is 7.92. The van der Waals surface area contributed by atoms with Crippen LogP contribution in [0.5, 0.6) is 0 Å². The fraction of sp³-hybridized carbons (Fsp3) is 1.00. The van der Waals surface area contributed by atoms with Crippen molar-refractivity contribution in [2.24, 2.45) is 11.3 Å². The minimum Gasteiger partial charge on any atom is -0.315 e. The first-order chi connectivity index (χ1) is 7.20. The van der Waals surface area contributed by atoms with Crippen molar-refractivity contribution in [2.75, 3.05) is 12.8 Å². The van der Waals surface area contributed by atoms with Crippen LogP contribution in [-0.2, 0) is 9.84 Å². The molecule has 0 amide bonds. The number of rotatable bonds is 4. The molecule has 3 nitrogen and oxygen atoms in total. The van der Waals surface area contributed by atoms with Crippen LogP contribution in [0.3, 0.4) is 0 Å². The molecular weight excluding hydrogens is 222 g/mol. The lowest BCUT2D eigenvalue weighted by atomic mass is 9.87. The summed E-state index contributed by atoms with van der Waals surface area (Å²) in [7, 11) is -1.08. The zero-order valence-electron chi connectivity index (χ0n) is 11.1. The van der Waals surface area contributed by atoms with Crippen LogP contribution in [-0.4, -0.2) is 32.5 Å². The van der Waals surface area contributed by atoms with Crippen molar-refractivity contribution in [2.45, 2.75) is 51.8 Å². The Kier molecular flexibility index (Phi) is 4.06. The van der Waals surface area contributed by atoms with E-state index in [1.807, 2.05) is 20.9 Å². The average molecular weight is 247 g/mol. The molecule has 0 aromatic rings. The zero-order valence-corrected chi connectivity index (χ0v) is 11.9. The zero-order chi connectivity index (χ0) is 12.6. The van der Waals surface area contributed by atoms with Crippen LogP contribution < -0.4 is 5.32 Å². The summed E-state index contributed by atoms with van der Waals surface area (Å²) >= 11 is 0. The second-order valence-electron chi connectivity index (χ2n) is 6.06. The molecule has 0 aromatic heterocycles. The molecule has 0 aliphatic heterocycles. The molecule has 1 aliphatic rings. The van der Waals surface area contributed by atoms with E-state index in [2.05, 4.69) is 19.2 Å². The van der Waals surface area contributed by atoms with Crippen LogP contribution in [0.4, 0.5) is 0 Å². The molecule has 0 aromatic carbocycles. The summed E-state index contributed by atoms with van der Waals surface area (Å²) in [5, 5.41) is 3.01. The number of hydrogen-bond donors (Lipinski definition) is 1. The van der Waals surface area contributed by atoms with Gasteiger partial charge in [0.05, 0.1) is 11.0 Å². The van der Waals surface area contributed by atoms with Crippen molar-refractivity contribution in [3.63, 3.8) is 0 Å². The van der Waals surface area contributed by atoms with E-state index in [0.717, 1.165) is 12.8 Å². The van der Waals surface area contributed by atoms with Crippen LogP contribution in [0.1, 0.15) is 40.5 Å². The Labute approximate surface area is 99.9 Å². The van der Waals surface area contributed by atoms with Gasteiger partial charge in [0.15, 0.2) is 9.84 Å². The summed E-state index contributed by atoms with van der Waals surface area (Å²) in [6, 6.07) is 0.0937. The van der Waals surface area contributed by atoms with Crippen LogP contribution in [0.15, 0.2) is 0 Å². The van der Waals surface area contributed by atoms with Gasteiger partial charge in [0, 0.05) is 6.04 Å². The minimum absolute atomic E-state index is 0.0868. The van der Waals surface area contributed by atoms with Crippen LogP contribution in [0.25, 0.3) is 0 Å². The van der Waals surface area contributed by atoms with Gasteiger partial charge in [-0.3, -0.25) is 0 Å². The van der Waals surface area contributed by atoms with E-state index >= 15 is 0 Å². The Bertz CT molecular complexity index is 333. The van der Waals surface area contributed by atoms with Gasteiger partial charge in [0.2, 0.25) is 0 Å². The van der Waals surface area contributed by atoms with Crippen molar-refractivity contribution in [3.8, 4) is 0 Å². The maximum absolute atomic E-state index is 12.3. The van der Waals surface area contributed by atoms with Gasteiger partial charge in [-0.15, -0.1) is 0 Å². The first-order valence-corrected chi connectivity index (χ1v) is 7.81. The molecule has 0 spiro atoms. The van der Waals surface area contributed by atoms with E-state index < -0.39 is 9.84 Å². The number of hydrogen-bond acceptors (Lipinski definition) is 3. The summed E-state index contributed by atoms with van der Waals surface area (Å²) in [6.45, 7) is 8.23. The third-order valence-electron chi connectivity index (χ3n) is 3.62. The molecule has 1 fully saturated rings. The fourth-order valence-corrected chi connectivity index (χ4v) is 5.46. The van der Waals surface area contributed by atoms with Crippen molar-refractivity contribution in [3.05, 3.63) is 0 Å². The lowest BCUT2D eigenvalue weighted by Gasteiger charge is -2.30. The maximum atomic E-state index is 12.3. The van der Waals surface area contributed by atoms with Crippen LogP contribution >= 0.6 is 0 Å². The Balaban J connectivity index is 2.90. The van der Waals surface area contributed by atoms with Crippen molar-refractivity contribution in [1.82, 2.24) is 5.32 Å². The second-order valence-corrected chi connectivity index (χ2v) is 8.32. The average Bonchev–Trinajstić information content (AvgIpc) is 2.38. The third kappa shape index (κ3) is 2.77. The molecule has 1 rings (SSSR count). The van der Waals surface area contributed by atoms with E-state index in [1.165, 1.54) is 0 Å². The largest absolute Gasteiger partial charge is 0.315 e. The molecule has 1 aliphatic carbocycles. The molecular formula is C12H25NO2S. The molecule has 0 radical (unpaired) electrons. The van der Waals surface area contributed by atoms with E-state index in [4.69, 9.17) is 0 Å². The Morgan fingerprint density at radius 2 is 1.94 bits per heavy atom. The lowest BCUT2D eigenvalue weighted by Crippen LogP contribution is -2.46. The summed E-state index contributed by atoms with van der Waals surface area (Å²) in [5.74, 6) is 0.526. The van der Waals surface area contributed by atoms with E-state index in [9.17, 15) is 8.42 Å². The monoisotopic (exact) mass is 247 g/mol. The van der Waals surface area contributed by atoms with Crippen molar-refractivity contribution >= 4 is 9.84 Å². The van der Waals surface area contributed by atoms with Gasteiger partial charge in [0.25, 0.3) is 0 Å². The van der Waals surface area contributed by atoms with Gasteiger partial charge < -0.3 is 5.32 Å². The molecule has 1 N–H and O–H groups in total. The summed E-state index contributed by atoms with van der Waals surface area (Å²) in [5.41, 5.74) is 0.0868. The first kappa shape index (κ1) is 14.0. The van der Waals surface area contributed by atoms with E-state index in [0.29, 0.717) is 5.75 Å².